The number of hydrogen-bond acceptors (Lipinski definition) is 4. The molecule has 0 saturated heterocycles. The first-order chi connectivity index (χ1) is 8.52. The average Bonchev–Trinajstić information content (AvgIpc) is 2.71. The van der Waals surface area contributed by atoms with Crippen molar-refractivity contribution in [2.24, 2.45) is 0 Å². The van der Waals surface area contributed by atoms with Crippen LogP contribution in [0.3, 0.4) is 0 Å². The van der Waals surface area contributed by atoms with Crippen LogP contribution in [0, 0.1) is 0 Å². The molecule has 0 spiro atoms. The van der Waals surface area contributed by atoms with Crippen molar-refractivity contribution in [3.8, 4) is 0 Å². The van der Waals surface area contributed by atoms with Gasteiger partial charge in [0.25, 0.3) is 5.91 Å². The molecule has 2 N–H and O–H groups in total. The fraction of sp³-hybridized carbons (Fsp3) is 0.667. The van der Waals surface area contributed by atoms with E-state index in [4.69, 9.17) is 4.74 Å². The zero-order valence-electron chi connectivity index (χ0n) is 11.1. The fourth-order valence-corrected chi connectivity index (χ4v) is 2.05. The number of carbonyl (C=O) groups is 1. The number of anilines is 1. The summed E-state index contributed by atoms with van der Waals surface area (Å²) in [5, 5.41) is 6.09. The van der Waals surface area contributed by atoms with E-state index in [1.165, 1.54) is 0 Å². The first kappa shape index (κ1) is 12.9. The summed E-state index contributed by atoms with van der Waals surface area (Å²) < 4.78 is 7.05. The topological polar surface area (TPSA) is 68.2 Å². The van der Waals surface area contributed by atoms with Gasteiger partial charge >= 0.3 is 0 Å². The predicted molar refractivity (Wildman–Crippen MR) is 68.8 cm³/mol. The monoisotopic (exact) mass is 252 g/mol. The van der Waals surface area contributed by atoms with E-state index in [0.29, 0.717) is 12.3 Å². The molecule has 1 amide bonds. The zero-order chi connectivity index (χ0) is 13.2. The lowest BCUT2D eigenvalue weighted by Crippen LogP contribution is -2.46. The average molecular weight is 252 g/mol. The van der Waals surface area contributed by atoms with E-state index in [1.54, 1.807) is 13.3 Å². The van der Waals surface area contributed by atoms with Crippen molar-refractivity contribution in [1.29, 1.82) is 0 Å². The Morgan fingerprint density at radius 1 is 1.67 bits per heavy atom. The Balaban J connectivity index is 2.07. The van der Waals surface area contributed by atoms with Crippen LogP contribution in [0.25, 0.3) is 0 Å². The molecular weight excluding hydrogens is 232 g/mol. The third kappa shape index (κ3) is 2.81. The first-order valence-electron chi connectivity index (χ1n) is 6.14. The van der Waals surface area contributed by atoms with Gasteiger partial charge in [-0.3, -0.25) is 4.79 Å². The van der Waals surface area contributed by atoms with E-state index < -0.39 is 5.54 Å². The van der Waals surface area contributed by atoms with Gasteiger partial charge in [0.1, 0.15) is 5.69 Å². The van der Waals surface area contributed by atoms with Crippen LogP contribution in [-0.4, -0.2) is 41.3 Å². The molecule has 0 unspecified atom stereocenters. The number of imidazole rings is 1. The minimum atomic E-state index is -0.399. The highest BCUT2D eigenvalue weighted by Gasteiger charge is 2.23. The molecule has 0 bridgehead atoms. The van der Waals surface area contributed by atoms with Crippen molar-refractivity contribution in [3.63, 3.8) is 0 Å². The van der Waals surface area contributed by atoms with E-state index in [2.05, 4.69) is 15.6 Å². The molecule has 18 heavy (non-hydrogen) atoms. The normalized spacial score (nSPS) is 14.8. The van der Waals surface area contributed by atoms with E-state index in [9.17, 15) is 4.79 Å². The number of hydrogen-bond donors (Lipinski definition) is 2. The molecular formula is C12H20N4O2. The Kier molecular flexibility index (Phi) is 3.56. The lowest BCUT2D eigenvalue weighted by molar-refractivity contribution is 0.0815. The molecule has 2 heterocycles. The van der Waals surface area contributed by atoms with Crippen molar-refractivity contribution < 1.29 is 9.53 Å². The molecule has 1 aromatic heterocycles. The van der Waals surface area contributed by atoms with Crippen LogP contribution in [0.4, 0.5) is 5.95 Å². The fourth-order valence-electron chi connectivity index (χ4n) is 2.05. The van der Waals surface area contributed by atoms with E-state index in [0.717, 1.165) is 25.5 Å². The third-order valence-corrected chi connectivity index (χ3v) is 2.83. The van der Waals surface area contributed by atoms with E-state index in [-0.39, 0.29) is 5.91 Å². The van der Waals surface area contributed by atoms with Gasteiger partial charge in [-0.1, -0.05) is 0 Å². The van der Waals surface area contributed by atoms with Crippen molar-refractivity contribution in [3.05, 3.63) is 11.9 Å². The van der Waals surface area contributed by atoms with Gasteiger partial charge in [0, 0.05) is 26.4 Å². The summed E-state index contributed by atoms with van der Waals surface area (Å²) in [4.78, 5) is 16.4. The quantitative estimate of drug-likeness (QED) is 0.833. The summed E-state index contributed by atoms with van der Waals surface area (Å²) in [6, 6.07) is 0. The number of nitrogens with zero attached hydrogens (tertiary/aromatic N) is 2. The van der Waals surface area contributed by atoms with Gasteiger partial charge in [-0.25, -0.2) is 4.98 Å². The summed E-state index contributed by atoms with van der Waals surface area (Å²) in [5.41, 5.74) is 0.0483. The summed E-state index contributed by atoms with van der Waals surface area (Å²) >= 11 is 0. The van der Waals surface area contributed by atoms with Crippen LogP contribution in [0.2, 0.25) is 0 Å². The van der Waals surface area contributed by atoms with Crippen molar-refractivity contribution >= 4 is 11.9 Å². The second-order valence-corrected chi connectivity index (χ2v) is 5.19. The highest BCUT2D eigenvalue weighted by atomic mass is 16.5. The Morgan fingerprint density at radius 3 is 3.11 bits per heavy atom. The number of aryl methyl sites for hydroxylation is 1. The van der Waals surface area contributed by atoms with Crippen molar-refractivity contribution in [2.45, 2.75) is 32.4 Å². The van der Waals surface area contributed by atoms with Gasteiger partial charge in [-0.05, 0) is 20.3 Å². The highest BCUT2D eigenvalue weighted by Crippen LogP contribution is 2.14. The zero-order valence-corrected chi connectivity index (χ0v) is 11.1. The maximum atomic E-state index is 12.1. The van der Waals surface area contributed by atoms with Gasteiger partial charge < -0.3 is 19.9 Å². The number of ether oxygens (including phenoxy) is 1. The Bertz CT molecular complexity index is 416. The lowest BCUT2D eigenvalue weighted by Gasteiger charge is -2.24. The molecule has 0 fully saturated rings. The van der Waals surface area contributed by atoms with Crippen LogP contribution in [0.15, 0.2) is 6.20 Å². The molecule has 0 saturated carbocycles. The van der Waals surface area contributed by atoms with Crippen LogP contribution in [-0.2, 0) is 11.3 Å². The molecule has 6 heteroatoms. The molecule has 0 atom stereocenters. The standard InChI is InChI=1S/C12H20N4O2/c1-12(2,8-18-3)15-10(17)9-7-16-6-4-5-13-11(16)14-9/h7H,4-6,8H2,1-3H3,(H,13,14)(H,15,17). The summed E-state index contributed by atoms with van der Waals surface area (Å²) in [7, 11) is 1.62. The smallest absolute Gasteiger partial charge is 0.272 e. The largest absolute Gasteiger partial charge is 0.382 e. The molecule has 0 aromatic carbocycles. The second kappa shape index (κ2) is 4.97. The van der Waals surface area contributed by atoms with Crippen molar-refractivity contribution in [2.75, 3.05) is 25.6 Å². The number of amides is 1. The second-order valence-electron chi connectivity index (χ2n) is 5.19. The van der Waals surface area contributed by atoms with Crippen molar-refractivity contribution in [1.82, 2.24) is 14.9 Å². The summed E-state index contributed by atoms with van der Waals surface area (Å²) in [5.74, 6) is 0.608. The minimum absolute atomic E-state index is 0.166. The number of methoxy groups -OCH3 is 1. The molecule has 100 valence electrons. The van der Waals surface area contributed by atoms with Crippen LogP contribution in [0.1, 0.15) is 30.8 Å². The number of aromatic nitrogens is 2. The molecule has 0 radical (unpaired) electrons. The maximum Gasteiger partial charge on any atom is 0.272 e. The molecule has 1 aromatic rings. The van der Waals surface area contributed by atoms with Gasteiger partial charge in [-0.15, -0.1) is 0 Å². The van der Waals surface area contributed by atoms with Gasteiger partial charge in [0.15, 0.2) is 0 Å². The van der Waals surface area contributed by atoms with Crippen LogP contribution >= 0.6 is 0 Å². The van der Waals surface area contributed by atoms with Gasteiger partial charge in [0.05, 0.1) is 12.1 Å². The Morgan fingerprint density at radius 2 is 2.44 bits per heavy atom. The molecule has 1 aliphatic heterocycles. The molecule has 1 aliphatic rings. The molecule has 2 rings (SSSR count). The van der Waals surface area contributed by atoms with Crippen LogP contribution in [0.5, 0.6) is 0 Å². The SMILES string of the molecule is COCC(C)(C)NC(=O)c1cn2c(n1)NCCC2. The highest BCUT2D eigenvalue weighted by molar-refractivity contribution is 5.93. The minimum Gasteiger partial charge on any atom is -0.382 e. The maximum absolute atomic E-state index is 12.1. The van der Waals surface area contributed by atoms with Crippen LogP contribution < -0.4 is 10.6 Å². The number of rotatable bonds is 4. The predicted octanol–water partition coefficient (Wildman–Crippen LogP) is 0.853. The Hall–Kier alpha value is -1.56. The van der Waals surface area contributed by atoms with Gasteiger partial charge in [-0.2, -0.15) is 0 Å². The number of carbonyl (C=O) groups excluding carboxylic acids is 1. The number of nitrogens with one attached hydrogen (secondary N) is 2. The molecule has 0 aliphatic carbocycles. The number of fused-ring (bicyclic) bond motifs is 1. The third-order valence-electron chi connectivity index (χ3n) is 2.83. The summed E-state index contributed by atoms with van der Waals surface area (Å²) in [6.45, 7) is 6.12. The molecule has 6 nitrogen and oxygen atoms in total. The first-order valence-corrected chi connectivity index (χ1v) is 6.14. The van der Waals surface area contributed by atoms with E-state index >= 15 is 0 Å². The summed E-state index contributed by atoms with van der Waals surface area (Å²) in [6.07, 6.45) is 2.85. The Labute approximate surface area is 107 Å². The lowest BCUT2D eigenvalue weighted by atomic mass is 10.1. The van der Waals surface area contributed by atoms with Gasteiger partial charge in [0.2, 0.25) is 5.95 Å². The van der Waals surface area contributed by atoms with E-state index in [1.807, 2.05) is 18.4 Å².